The van der Waals surface area contributed by atoms with E-state index >= 15 is 0 Å². The minimum atomic E-state index is -3.72. The highest BCUT2D eigenvalue weighted by atomic mass is 32.2. The van der Waals surface area contributed by atoms with Gasteiger partial charge in [-0.3, -0.25) is 4.79 Å². The van der Waals surface area contributed by atoms with E-state index in [1.165, 1.54) is 0 Å². The summed E-state index contributed by atoms with van der Waals surface area (Å²) in [6, 6.07) is 12.1. The van der Waals surface area contributed by atoms with E-state index < -0.39 is 16.1 Å². The largest absolute Gasteiger partial charge is 0.490 e. The molecule has 1 amide bonds. The summed E-state index contributed by atoms with van der Waals surface area (Å²) in [6.45, 7) is 6.01. The third-order valence-corrected chi connectivity index (χ3v) is 7.09. The van der Waals surface area contributed by atoms with Crippen molar-refractivity contribution in [3.05, 3.63) is 53.6 Å². The molecule has 1 N–H and O–H groups in total. The van der Waals surface area contributed by atoms with Crippen molar-refractivity contribution in [1.29, 1.82) is 0 Å². The van der Waals surface area contributed by atoms with E-state index in [-0.39, 0.29) is 10.8 Å². The van der Waals surface area contributed by atoms with Crippen molar-refractivity contribution in [1.82, 2.24) is 10.2 Å². The van der Waals surface area contributed by atoms with Crippen LogP contribution in [0, 0.1) is 0 Å². The molecule has 0 bridgehead atoms. The molecule has 0 saturated carbocycles. The Hall–Kier alpha value is -3.07. The van der Waals surface area contributed by atoms with Gasteiger partial charge in [0.1, 0.15) is 10.9 Å². The Balaban J connectivity index is 1.41. The molecule has 0 aliphatic carbocycles. The summed E-state index contributed by atoms with van der Waals surface area (Å²) in [5.74, 6) is 1.66. The first-order chi connectivity index (χ1) is 15.9. The minimum Gasteiger partial charge on any atom is -0.490 e. The van der Waals surface area contributed by atoms with Gasteiger partial charge in [-0.05, 0) is 62.9 Å². The first-order valence-corrected chi connectivity index (χ1v) is 12.8. The van der Waals surface area contributed by atoms with Gasteiger partial charge in [-0.1, -0.05) is 18.2 Å². The van der Waals surface area contributed by atoms with E-state index in [2.05, 4.69) is 9.71 Å². The zero-order valence-electron chi connectivity index (χ0n) is 18.9. The van der Waals surface area contributed by atoms with E-state index in [0.29, 0.717) is 62.0 Å². The maximum Gasteiger partial charge on any atom is 0.285 e. The molecule has 2 aliphatic heterocycles. The molecular formula is C24H29N3O5S. The van der Waals surface area contributed by atoms with E-state index in [1.54, 1.807) is 24.3 Å². The van der Waals surface area contributed by atoms with Crippen LogP contribution in [-0.2, 0) is 21.2 Å². The first-order valence-electron chi connectivity index (χ1n) is 11.3. The van der Waals surface area contributed by atoms with Crippen molar-refractivity contribution in [3.63, 3.8) is 0 Å². The van der Waals surface area contributed by atoms with Gasteiger partial charge in [0, 0.05) is 18.7 Å². The van der Waals surface area contributed by atoms with E-state index in [1.807, 2.05) is 36.9 Å². The van der Waals surface area contributed by atoms with Crippen molar-refractivity contribution in [2.24, 2.45) is 4.40 Å². The van der Waals surface area contributed by atoms with Crippen molar-refractivity contribution in [3.8, 4) is 11.5 Å². The Morgan fingerprint density at radius 1 is 1.12 bits per heavy atom. The topological polar surface area (TPSA) is 97.3 Å². The Bertz CT molecular complexity index is 1160. The number of fused-ring (bicyclic) bond motifs is 1. The average Bonchev–Trinajstić information content (AvgIpc) is 3.39. The number of amides is 1. The predicted octanol–water partition coefficient (Wildman–Crippen LogP) is 2.76. The molecule has 2 heterocycles. The number of nitrogens with one attached hydrogen (secondary N) is 1. The lowest BCUT2D eigenvalue weighted by Crippen LogP contribution is -2.46. The maximum absolute atomic E-state index is 13.0. The molecule has 0 unspecified atom stereocenters. The summed E-state index contributed by atoms with van der Waals surface area (Å²) in [6.07, 6.45) is 2.10. The number of hydrogen-bond donors (Lipinski definition) is 1. The summed E-state index contributed by atoms with van der Waals surface area (Å²) < 4.78 is 40.1. The Morgan fingerprint density at radius 3 is 2.67 bits per heavy atom. The fourth-order valence-corrected chi connectivity index (χ4v) is 5.50. The fraction of sp³-hybridized carbons (Fsp3) is 0.417. The third kappa shape index (κ3) is 4.83. The fourth-order valence-electron chi connectivity index (χ4n) is 4.29. The highest BCUT2D eigenvalue weighted by Gasteiger charge is 2.39. The molecule has 0 aromatic heterocycles. The molecule has 0 spiro atoms. The van der Waals surface area contributed by atoms with Gasteiger partial charge in [0.05, 0.1) is 13.2 Å². The Kier molecular flexibility index (Phi) is 6.88. The van der Waals surface area contributed by atoms with Gasteiger partial charge in [0.15, 0.2) is 17.3 Å². The Morgan fingerprint density at radius 2 is 1.88 bits per heavy atom. The Labute approximate surface area is 194 Å². The molecule has 1 fully saturated rings. The number of hydrogen-bond acceptors (Lipinski definition) is 6. The number of carbonyl (C=O) groups excluding carboxylic acids is 1. The zero-order valence-corrected chi connectivity index (χ0v) is 19.7. The maximum atomic E-state index is 13.0. The predicted molar refractivity (Wildman–Crippen MR) is 125 cm³/mol. The van der Waals surface area contributed by atoms with Crippen molar-refractivity contribution >= 4 is 21.8 Å². The number of ether oxygens (including phenoxy) is 2. The van der Waals surface area contributed by atoms with Crippen molar-refractivity contribution in [2.45, 2.75) is 44.0 Å². The molecule has 33 heavy (non-hydrogen) atoms. The molecule has 1 atom stereocenters. The van der Waals surface area contributed by atoms with Gasteiger partial charge in [-0.15, -0.1) is 4.40 Å². The monoisotopic (exact) mass is 471 g/mol. The molecular weight excluding hydrogens is 442 g/mol. The number of likely N-dealkylation sites (tertiary alicyclic amines) is 1. The highest BCUT2D eigenvalue weighted by Crippen LogP contribution is 2.31. The van der Waals surface area contributed by atoms with Crippen LogP contribution in [0.5, 0.6) is 11.5 Å². The summed E-state index contributed by atoms with van der Waals surface area (Å²) in [5.41, 5.74) is 1.60. The van der Waals surface area contributed by atoms with Crippen LogP contribution in [0.25, 0.3) is 0 Å². The van der Waals surface area contributed by atoms with Gasteiger partial charge >= 0.3 is 0 Å². The van der Waals surface area contributed by atoms with Crippen LogP contribution >= 0.6 is 0 Å². The molecule has 8 nitrogen and oxygen atoms in total. The van der Waals surface area contributed by atoms with Gasteiger partial charge < -0.3 is 19.7 Å². The molecule has 2 aromatic carbocycles. The lowest BCUT2D eigenvalue weighted by atomic mass is 10.1. The molecule has 2 aromatic rings. The summed E-state index contributed by atoms with van der Waals surface area (Å²) in [4.78, 5) is 15.0. The van der Waals surface area contributed by atoms with Crippen LogP contribution in [0.4, 0.5) is 0 Å². The molecule has 4 rings (SSSR count). The van der Waals surface area contributed by atoms with Crippen LogP contribution in [0.1, 0.15) is 37.8 Å². The number of sulfonamides is 1. The first kappa shape index (κ1) is 23.1. The van der Waals surface area contributed by atoms with Gasteiger partial charge in [-0.2, -0.15) is 8.42 Å². The van der Waals surface area contributed by atoms with E-state index in [0.717, 1.165) is 12.0 Å². The van der Waals surface area contributed by atoms with Gasteiger partial charge in [0.2, 0.25) is 5.91 Å². The smallest absolute Gasteiger partial charge is 0.285 e. The normalized spacial score (nSPS) is 18.5. The highest BCUT2D eigenvalue weighted by molar-refractivity contribution is 7.90. The zero-order chi connectivity index (χ0) is 23.4. The second-order valence-corrected chi connectivity index (χ2v) is 9.50. The lowest BCUT2D eigenvalue weighted by molar-refractivity contribution is -0.124. The lowest BCUT2D eigenvalue weighted by Gasteiger charge is -2.25. The van der Waals surface area contributed by atoms with Crippen LogP contribution in [0.15, 0.2) is 51.8 Å². The van der Waals surface area contributed by atoms with Crippen molar-refractivity contribution < 1.29 is 22.7 Å². The number of carbonyl (C=O) groups is 1. The van der Waals surface area contributed by atoms with Gasteiger partial charge in [0.25, 0.3) is 10.0 Å². The third-order valence-electron chi connectivity index (χ3n) is 5.76. The molecule has 9 heteroatoms. The SMILES string of the molecule is CCOc1ccc(CCNC(=O)[C@@H]2CCCN2C2=NS(=O)(=O)c3ccccc32)cc1OCC. The van der Waals surface area contributed by atoms with Crippen LogP contribution in [-0.4, -0.2) is 57.4 Å². The van der Waals surface area contributed by atoms with E-state index in [4.69, 9.17) is 9.47 Å². The molecule has 1 saturated heterocycles. The van der Waals surface area contributed by atoms with Crippen LogP contribution in [0.3, 0.4) is 0 Å². The average molecular weight is 472 g/mol. The molecule has 2 aliphatic rings. The van der Waals surface area contributed by atoms with Crippen molar-refractivity contribution in [2.75, 3.05) is 26.3 Å². The quantitative estimate of drug-likeness (QED) is 0.636. The molecule has 0 radical (unpaired) electrons. The number of benzene rings is 2. The summed E-state index contributed by atoms with van der Waals surface area (Å²) in [5, 5.41) is 3.01. The minimum absolute atomic E-state index is 0.118. The standard InChI is InChI=1S/C24H29N3O5S/c1-3-31-20-12-11-17(16-21(20)32-4-2)13-14-25-24(28)19-9-7-15-27(19)23-18-8-5-6-10-22(18)33(29,30)26-23/h5-6,8,10-12,16,19H,3-4,7,9,13-15H2,1-2H3,(H,25,28)/t19-/m0/s1. The number of rotatable bonds is 8. The molecule has 176 valence electrons. The van der Waals surface area contributed by atoms with Gasteiger partial charge in [-0.25, -0.2) is 0 Å². The van der Waals surface area contributed by atoms with E-state index in [9.17, 15) is 13.2 Å². The summed E-state index contributed by atoms with van der Waals surface area (Å²) in [7, 11) is -3.72. The second kappa shape index (κ2) is 9.82. The number of amidine groups is 1. The van der Waals surface area contributed by atoms with Crippen LogP contribution in [0.2, 0.25) is 0 Å². The number of nitrogens with zero attached hydrogens (tertiary/aromatic N) is 2. The summed E-state index contributed by atoms with van der Waals surface area (Å²) >= 11 is 0. The second-order valence-electron chi connectivity index (χ2n) is 7.93. The van der Waals surface area contributed by atoms with Crippen LogP contribution < -0.4 is 14.8 Å².